The number of carboxylic acid groups (broad SMARTS) is 1. The van der Waals surface area contributed by atoms with Crippen LogP contribution in [-0.2, 0) is 4.79 Å². The first kappa shape index (κ1) is 16.6. The molecule has 0 saturated heterocycles. The summed E-state index contributed by atoms with van der Waals surface area (Å²) >= 11 is 0. The molecule has 0 spiro atoms. The average molecular weight is 338 g/mol. The molecule has 0 aliphatic rings. The largest absolute Gasteiger partial charge is 0.493 e. The zero-order valence-corrected chi connectivity index (χ0v) is 14.2. The van der Waals surface area contributed by atoms with Crippen molar-refractivity contribution in [2.24, 2.45) is 0 Å². The zero-order chi connectivity index (χ0) is 18.0. The minimum atomic E-state index is -1.01. The molecule has 1 N–H and O–H groups in total. The topological polar surface area (TPSA) is 73.1 Å². The highest BCUT2D eigenvalue weighted by Gasteiger charge is 2.15. The number of rotatable bonds is 5. The lowest BCUT2D eigenvalue weighted by atomic mass is 10.1. The van der Waals surface area contributed by atoms with Gasteiger partial charge in [-0.05, 0) is 42.8 Å². The van der Waals surface area contributed by atoms with Crippen molar-refractivity contribution in [2.45, 2.75) is 6.92 Å². The summed E-state index contributed by atoms with van der Waals surface area (Å²) < 4.78 is 12.5. The number of nitrogens with zero attached hydrogens (tertiary/aromatic N) is 2. The molecule has 0 amide bonds. The van der Waals surface area contributed by atoms with Gasteiger partial charge in [0.05, 0.1) is 25.6 Å². The second-order valence-electron chi connectivity index (χ2n) is 5.52. The van der Waals surface area contributed by atoms with Crippen molar-refractivity contribution in [2.75, 3.05) is 14.2 Å². The molecule has 6 nitrogen and oxygen atoms in total. The number of hydrogen-bond acceptors (Lipinski definition) is 4. The predicted octanol–water partition coefficient (Wildman–Crippen LogP) is 3.42. The van der Waals surface area contributed by atoms with E-state index < -0.39 is 5.97 Å². The molecule has 0 atom stereocenters. The highest BCUT2D eigenvalue weighted by atomic mass is 16.5. The van der Waals surface area contributed by atoms with E-state index in [1.807, 2.05) is 41.8 Å². The maximum absolute atomic E-state index is 11.0. The normalized spacial score (nSPS) is 11.2. The Morgan fingerprint density at radius 2 is 1.92 bits per heavy atom. The number of benzene rings is 1. The third-order valence-electron chi connectivity index (χ3n) is 3.84. The van der Waals surface area contributed by atoms with E-state index in [1.165, 1.54) is 0 Å². The summed E-state index contributed by atoms with van der Waals surface area (Å²) in [5.41, 5.74) is 3.95. The maximum atomic E-state index is 11.0. The fourth-order valence-electron chi connectivity index (χ4n) is 2.67. The molecule has 3 aromatic rings. The van der Waals surface area contributed by atoms with E-state index in [4.69, 9.17) is 14.6 Å². The van der Waals surface area contributed by atoms with Gasteiger partial charge in [0, 0.05) is 17.8 Å². The van der Waals surface area contributed by atoms with Crippen molar-refractivity contribution in [1.82, 2.24) is 9.38 Å². The van der Waals surface area contributed by atoms with Crippen molar-refractivity contribution >= 4 is 17.7 Å². The van der Waals surface area contributed by atoms with Crippen LogP contribution in [0.3, 0.4) is 0 Å². The highest BCUT2D eigenvalue weighted by Crippen LogP contribution is 2.34. The van der Waals surface area contributed by atoms with E-state index in [0.29, 0.717) is 22.9 Å². The number of aryl methyl sites for hydroxylation is 1. The Morgan fingerprint density at radius 1 is 1.16 bits per heavy atom. The summed E-state index contributed by atoms with van der Waals surface area (Å²) in [5.74, 6) is 0.191. The minimum absolute atomic E-state index is 0.585. The lowest BCUT2D eigenvalue weighted by Crippen LogP contribution is -1.93. The number of aliphatic carboxylic acids is 1. The summed E-state index contributed by atoms with van der Waals surface area (Å²) in [6.45, 7) is 1.97. The molecule has 3 rings (SSSR count). The number of imidazole rings is 1. The van der Waals surface area contributed by atoms with Gasteiger partial charge in [-0.15, -0.1) is 0 Å². The smallest absolute Gasteiger partial charge is 0.328 e. The predicted molar refractivity (Wildman–Crippen MR) is 95.1 cm³/mol. The molecule has 0 fully saturated rings. The summed E-state index contributed by atoms with van der Waals surface area (Å²) in [4.78, 5) is 15.6. The number of pyridine rings is 1. The van der Waals surface area contributed by atoms with Crippen molar-refractivity contribution < 1.29 is 19.4 Å². The SMILES string of the molecule is COc1ccc(-c2nc3ccc(C)cn3c2/C=C/C(=O)O)cc1OC. The van der Waals surface area contributed by atoms with Gasteiger partial charge in [-0.3, -0.25) is 4.40 Å². The van der Waals surface area contributed by atoms with Crippen LogP contribution >= 0.6 is 0 Å². The Labute approximate surface area is 145 Å². The average Bonchev–Trinajstić information content (AvgIpc) is 2.96. The molecule has 2 aromatic heterocycles. The van der Waals surface area contributed by atoms with E-state index in [0.717, 1.165) is 22.9 Å². The third-order valence-corrected chi connectivity index (χ3v) is 3.84. The number of ether oxygens (including phenoxy) is 2. The van der Waals surface area contributed by atoms with Crippen LogP contribution in [0.15, 0.2) is 42.6 Å². The molecule has 0 aliphatic carbocycles. The molecular formula is C19H18N2O4. The van der Waals surface area contributed by atoms with Crippen LogP contribution in [0, 0.1) is 6.92 Å². The lowest BCUT2D eigenvalue weighted by Gasteiger charge is -2.09. The van der Waals surface area contributed by atoms with Crippen molar-refractivity contribution in [3.63, 3.8) is 0 Å². The molecule has 2 heterocycles. The number of carbonyl (C=O) groups is 1. The van der Waals surface area contributed by atoms with Crippen LogP contribution in [0.4, 0.5) is 0 Å². The zero-order valence-electron chi connectivity index (χ0n) is 14.2. The second kappa shape index (κ2) is 6.68. The summed E-state index contributed by atoms with van der Waals surface area (Å²) in [7, 11) is 3.14. The first-order chi connectivity index (χ1) is 12.0. The molecule has 0 bridgehead atoms. The van der Waals surface area contributed by atoms with Crippen LogP contribution in [0.1, 0.15) is 11.3 Å². The highest BCUT2D eigenvalue weighted by molar-refractivity contribution is 5.87. The Bertz CT molecular complexity index is 973. The number of carboxylic acids is 1. The number of fused-ring (bicyclic) bond motifs is 1. The summed E-state index contributed by atoms with van der Waals surface area (Å²) in [6.07, 6.45) is 4.58. The second-order valence-corrected chi connectivity index (χ2v) is 5.52. The van der Waals surface area contributed by atoms with E-state index in [2.05, 4.69) is 4.98 Å². The molecule has 6 heteroatoms. The van der Waals surface area contributed by atoms with Crippen LogP contribution in [0.25, 0.3) is 23.0 Å². The van der Waals surface area contributed by atoms with Crippen LogP contribution in [-0.4, -0.2) is 34.7 Å². The van der Waals surface area contributed by atoms with Crippen LogP contribution in [0.2, 0.25) is 0 Å². The molecule has 1 aromatic carbocycles. The number of hydrogen-bond donors (Lipinski definition) is 1. The lowest BCUT2D eigenvalue weighted by molar-refractivity contribution is -0.131. The Hall–Kier alpha value is -3.28. The first-order valence-electron chi connectivity index (χ1n) is 7.65. The molecule has 0 saturated carbocycles. The van der Waals surface area contributed by atoms with Crippen LogP contribution in [0.5, 0.6) is 11.5 Å². The fraction of sp³-hybridized carbons (Fsp3) is 0.158. The van der Waals surface area contributed by atoms with E-state index in [-0.39, 0.29) is 0 Å². The van der Waals surface area contributed by atoms with Gasteiger partial charge in [0.2, 0.25) is 0 Å². The Morgan fingerprint density at radius 3 is 2.60 bits per heavy atom. The molecule has 0 aliphatic heterocycles. The van der Waals surface area contributed by atoms with Gasteiger partial charge in [-0.1, -0.05) is 6.07 Å². The van der Waals surface area contributed by atoms with Gasteiger partial charge in [0.1, 0.15) is 5.65 Å². The van der Waals surface area contributed by atoms with Crippen LogP contribution < -0.4 is 9.47 Å². The fourth-order valence-corrected chi connectivity index (χ4v) is 2.67. The Kier molecular flexibility index (Phi) is 4.43. The van der Waals surface area contributed by atoms with Gasteiger partial charge in [-0.2, -0.15) is 0 Å². The van der Waals surface area contributed by atoms with E-state index >= 15 is 0 Å². The van der Waals surface area contributed by atoms with Gasteiger partial charge in [0.25, 0.3) is 0 Å². The van der Waals surface area contributed by atoms with E-state index in [1.54, 1.807) is 26.4 Å². The van der Waals surface area contributed by atoms with E-state index in [9.17, 15) is 4.79 Å². The molecular weight excluding hydrogens is 320 g/mol. The van der Waals surface area contributed by atoms with Gasteiger partial charge >= 0.3 is 5.97 Å². The third kappa shape index (κ3) is 3.19. The van der Waals surface area contributed by atoms with Gasteiger partial charge in [0.15, 0.2) is 11.5 Å². The monoisotopic (exact) mass is 338 g/mol. The first-order valence-corrected chi connectivity index (χ1v) is 7.65. The number of aromatic nitrogens is 2. The Balaban J connectivity index is 2.24. The molecule has 0 radical (unpaired) electrons. The maximum Gasteiger partial charge on any atom is 0.328 e. The van der Waals surface area contributed by atoms with Gasteiger partial charge in [-0.25, -0.2) is 9.78 Å². The molecule has 128 valence electrons. The standard InChI is InChI=1S/C19H18N2O4/c1-12-4-8-17-20-19(14(21(17)11-12)6-9-18(22)23)13-5-7-15(24-2)16(10-13)25-3/h4-11H,1-3H3,(H,22,23)/b9-6+. The molecule has 25 heavy (non-hydrogen) atoms. The summed E-state index contributed by atoms with van der Waals surface area (Å²) in [5, 5.41) is 9.00. The quantitative estimate of drug-likeness (QED) is 0.722. The minimum Gasteiger partial charge on any atom is -0.493 e. The summed E-state index contributed by atoms with van der Waals surface area (Å²) in [6, 6.07) is 9.36. The van der Waals surface area contributed by atoms with Crippen molar-refractivity contribution in [3.05, 3.63) is 53.9 Å². The van der Waals surface area contributed by atoms with Crippen molar-refractivity contribution in [1.29, 1.82) is 0 Å². The van der Waals surface area contributed by atoms with Gasteiger partial charge < -0.3 is 14.6 Å². The van der Waals surface area contributed by atoms with Crippen molar-refractivity contribution in [3.8, 4) is 22.8 Å². The number of methoxy groups -OCH3 is 2. The molecule has 0 unspecified atom stereocenters.